The molecule has 1 aliphatic carbocycles. The van der Waals surface area contributed by atoms with Crippen LogP contribution in [0.2, 0.25) is 0 Å². The molecule has 0 aliphatic heterocycles. The molecule has 0 fully saturated rings. The Hall–Kier alpha value is -6.20. The van der Waals surface area contributed by atoms with Gasteiger partial charge in [-0.05, 0) is 74.1 Å². The highest BCUT2D eigenvalue weighted by Gasteiger charge is 2.23. The summed E-state index contributed by atoms with van der Waals surface area (Å²) in [4.78, 5) is 19.9. The minimum Gasteiger partial charge on any atom is -0.438 e. The van der Waals surface area contributed by atoms with Gasteiger partial charge in [-0.1, -0.05) is 97.1 Å². The van der Waals surface area contributed by atoms with Crippen LogP contribution in [0.4, 0.5) is 0 Å². The van der Waals surface area contributed by atoms with Gasteiger partial charge in [0.25, 0.3) is 0 Å². The molecule has 9 aromatic rings. The third kappa shape index (κ3) is 3.61. The van der Waals surface area contributed by atoms with Crippen LogP contribution in [0.25, 0.3) is 100 Å². The van der Waals surface area contributed by atoms with Crippen molar-refractivity contribution in [1.29, 1.82) is 0 Å². The number of fused-ring (bicyclic) bond motifs is 7. The molecule has 10 rings (SSSR count). The fraction of sp³-hybridized carbons (Fsp3) is 0. The predicted molar refractivity (Wildman–Crippen MR) is 181 cm³/mol. The van der Waals surface area contributed by atoms with Crippen molar-refractivity contribution in [3.8, 4) is 56.4 Å². The Kier molecular flexibility index (Phi) is 4.93. The number of rotatable bonds is 3. The molecule has 5 nitrogen and oxygen atoms in total. The van der Waals surface area contributed by atoms with E-state index < -0.39 is 0 Å². The molecule has 208 valence electrons. The second-order valence-electron chi connectivity index (χ2n) is 11.5. The molecule has 1 aliphatic rings. The van der Waals surface area contributed by atoms with Crippen LogP contribution < -0.4 is 0 Å². The summed E-state index contributed by atoms with van der Waals surface area (Å²) in [5.41, 5.74) is 9.03. The highest BCUT2D eigenvalue weighted by Crippen LogP contribution is 2.48. The summed E-state index contributed by atoms with van der Waals surface area (Å²) >= 11 is 0. The summed E-state index contributed by atoms with van der Waals surface area (Å²) in [7, 11) is 0. The van der Waals surface area contributed by atoms with Gasteiger partial charge in [-0.2, -0.15) is 0 Å². The molecule has 0 saturated heterocycles. The van der Waals surface area contributed by atoms with E-state index in [2.05, 4.69) is 108 Å². The highest BCUT2D eigenvalue weighted by molar-refractivity contribution is 6.16. The zero-order valence-electron chi connectivity index (χ0n) is 23.9. The van der Waals surface area contributed by atoms with Gasteiger partial charge >= 0.3 is 0 Å². The SMILES string of the molecule is c1ccc2c(c1)-c1cccc3cc(-c4nc(-c5ccc6ccccc6c5)nc(-c5ccnc6oc7ccccc7c56)n4)cc-2c13. The molecule has 0 N–H and O–H groups in total. The molecular weight excluding hydrogens is 552 g/mol. The van der Waals surface area contributed by atoms with Crippen molar-refractivity contribution in [2.45, 2.75) is 0 Å². The van der Waals surface area contributed by atoms with Crippen LogP contribution in [0.1, 0.15) is 0 Å². The van der Waals surface area contributed by atoms with Gasteiger partial charge < -0.3 is 4.42 Å². The number of furan rings is 1. The topological polar surface area (TPSA) is 64.7 Å². The first kappa shape index (κ1) is 24.3. The van der Waals surface area contributed by atoms with E-state index >= 15 is 0 Å². The molecule has 0 spiro atoms. The first-order valence-corrected chi connectivity index (χ1v) is 15.0. The minimum atomic E-state index is 0.561. The van der Waals surface area contributed by atoms with Gasteiger partial charge in [0.15, 0.2) is 17.5 Å². The zero-order chi connectivity index (χ0) is 29.5. The number of nitrogens with zero attached hydrogens (tertiary/aromatic N) is 4. The summed E-state index contributed by atoms with van der Waals surface area (Å²) in [5.74, 6) is 1.81. The van der Waals surface area contributed by atoms with Crippen LogP contribution in [0.5, 0.6) is 0 Å². The van der Waals surface area contributed by atoms with Gasteiger partial charge in [-0.25, -0.2) is 19.9 Å². The van der Waals surface area contributed by atoms with Crippen molar-refractivity contribution in [1.82, 2.24) is 19.9 Å². The maximum Gasteiger partial charge on any atom is 0.228 e. The predicted octanol–water partition coefficient (Wildman–Crippen LogP) is 10.1. The highest BCUT2D eigenvalue weighted by atomic mass is 16.3. The quantitative estimate of drug-likeness (QED) is 0.210. The molecule has 0 radical (unpaired) electrons. The van der Waals surface area contributed by atoms with Crippen molar-refractivity contribution in [3.63, 3.8) is 0 Å². The van der Waals surface area contributed by atoms with Crippen molar-refractivity contribution < 1.29 is 4.42 Å². The van der Waals surface area contributed by atoms with Gasteiger partial charge in [0.2, 0.25) is 5.71 Å². The fourth-order valence-corrected chi connectivity index (χ4v) is 6.86. The number of hydrogen-bond donors (Lipinski definition) is 0. The van der Waals surface area contributed by atoms with E-state index in [1.165, 1.54) is 33.0 Å². The zero-order valence-corrected chi connectivity index (χ0v) is 23.9. The summed E-state index contributed by atoms with van der Waals surface area (Å²) in [6.45, 7) is 0. The average molecular weight is 575 g/mol. The van der Waals surface area contributed by atoms with E-state index in [0.717, 1.165) is 43.8 Å². The number of hydrogen-bond acceptors (Lipinski definition) is 5. The Morgan fingerprint density at radius 3 is 2.02 bits per heavy atom. The van der Waals surface area contributed by atoms with E-state index in [1.807, 2.05) is 24.3 Å². The van der Waals surface area contributed by atoms with E-state index in [9.17, 15) is 0 Å². The number of pyridine rings is 1. The van der Waals surface area contributed by atoms with Crippen LogP contribution in [0.3, 0.4) is 0 Å². The number of benzene rings is 6. The van der Waals surface area contributed by atoms with Gasteiger partial charge in [0, 0.05) is 28.3 Å². The first-order chi connectivity index (χ1) is 22.3. The molecule has 0 amide bonds. The Balaban J connectivity index is 1.26. The molecular formula is C40H22N4O. The lowest BCUT2D eigenvalue weighted by molar-refractivity contribution is 0.654. The van der Waals surface area contributed by atoms with Gasteiger partial charge in [0.1, 0.15) is 5.58 Å². The Bertz CT molecular complexity index is 2670. The van der Waals surface area contributed by atoms with Crippen LogP contribution in [-0.2, 0) is 0 Å². The van der Waals surface area contributed by atoms with Crippen molar-refractivity contribution in [2.75, 3.05) is 0 Å². The number of para-hydroxylation sites is 1. The molecule has 3 heterocycles. The standard InChI is InChI=1S/C40H22N4O/c1-2-9-24-20-26(17-16-23(24)8-1)37-42-38(27-21-25-10-7-14-30-28-11-3-4-12-29(28)33(22-27)35(25)30)44-39(43-37)32-18-19-41-40-36(32)31-13-5-6-15-34(31)45-40/h1-22H. The van der Waals surface area contributed by atoms with Gasteiger partial charge in [-0.3, -0.25) is 0 Å². The molecule has 6 aromatic carbocycles. The fourth-order valence-electron chi connectivity index (χ4n) is 6.86. The van der Waals surface area contributed by atoms with E-state index in [0.29, 0.717) is 23.2 Å². The average Bonchev–Trinajstić information content (AvgIpc) is 3.65. The van der Waals surface area contributed by atoms with Crippen molar-refractivity contribution in [2.24, 2.45) is 0 Å². The molecule has 0 unspecified atom stereocenters. The molecule has 5 heteroatoms. The van der Waals surface area contributed by atoms with Gasteiger partial charge in [0.05, 0.1) is 5.39 Å². The lowest BCUT2D eigenvalue weighted by Crippen LogP contribution is -2.01. The molecule has 45 heavy (non-hydrogen) atoms. The smallest absolute Gasteiger partial charge is 0.228 e. The molecule has 0 bridgehead atoms. The normalized spacial score (nSPS) is 12.0. The van der Waals surface area contributed by atoms with Crippen LogP contribution in [0.15, 0.2) is 138 Å². The monoisotopic (exact) mass is 574 g/mol. The van der Waals surface area contributed by atoms with Crippen LogP contribution >= 0.6 is 0 Å². The third-order valence-electron chi connectivity index (χ3n) is 8.91. The maximum absolute atomic E-state index is 6.13. The van der Waals surface area contributed by atoms with Crippen LogP contribution in [0, 0.1) is 0 Å². The van der Waals surface area contributed by atoms with E-state index in [-0.39, 0.29) is 0 Å². The number of aromatic nitrogens is 4. The van der Waals surface area contributed by atoms with Crippen molar-refractivity contribution in [3.05, 3.63) is 134 Å². The Labute approximate surface area is 257 Å². The Morgan fingerprint density at radius 1 is 0.422 bits per heavy atom. The molecule has 3 aromatic heterocycles. The third-order valence-corrected chi connectivity index (χ3v) is 8.91. The van der Waals surface area contributed by atoms with Crippen LogP contribution in [-0.4, -0.2) is 19.9 Å². The lowest BCUT2D eigenvalue weighted by atomic mass is 9.99. The summed E-state index contributed by atoms with van der Waals surface area (Å²) < 4.78 is 6.13. The van der Waals surface area contributed by atoms with E-state index in [1.54, 1.807) is 6.20 Å². The second-order valence-corrected chi connectivity index (χ2v) is 11.5. The Morgan fingerprint density at radius 2 is 1.11 bits per heavy atom. The minimum absolute atomic E-state index is 0.561. The lowest BCUT2D eigenvalue weighted by Gasteiger charge is -2.11. The van der Waals surface area contributed by atoms with E-state index in [4.69, 9.17) is 19.4 Å². The summed E-state index contributed by atoms with van der Waals surface area (Å²) in [6.07, 6.45) is 1.76. The van der Waals surface area contributed by atoms with Crippen molar-refractivity contribution >= 4 is 43.6 Å². The molecule has 0 atom stereocenters. The summed E-state index contributed by atoms with van der Waals surface area (Å²) in [5, 5.41) is 6.61. The largest absolute Gasteiger partial charge is 0.438 e. The summed E-state index contributed by atoms with van der Waals surface area (Å²) in [6, 6.07) is 44.2. The molecule has 0 saturated carbocycles. The second kappa shape index (κ2) is 9.15. The maximum atomic E-state index is 6.13. The first-order valence-electron chi connectivity index (χ1n) is 15.0. The van der Waals surface area contributed by atoms with Gasteiger partial charge in [-0.15, -0.1) is 0 Å².